The summed E-state index contributed by atoms with van der Waals surface area (Å²) in [7, 11) is 0. The molecule has 18 heavy (non-hydrogen) atoms. The van der Waals surface area contributed by atoms with E-state index in [-0.39, 0.29) is 0 Å². The predicted octanol–water partition coefficient (Wildman–Crippen LogP) is -3.58. The van der Waals surface area contributed by atoms with Crippen molar-refractivity contribution in [2.75, 3.05) is 0 Å². The van der Waals surface area contributed by atoms with Gasteiger partial charge < -0.3 is 0 Å². The Morgan fingerprint density at radius 3 is 2.22 bits per heavy atom. The van der Waals surface area contributed by atoms with Gasteiger partial charge in [-0.1, -0.05) is 0 Å². The molecule has 4 atom stereocenters. The van der Waals surface area contributed by atoms with Gasteiger partial charge in [-0.25, -0.2) is 0 Å². The van der Waals surface area contributed by atoms with Crippen LogP contribution in [-0.4, -0.2) is 72.4 Å². The molecule has 0 fully saturated rings. The van der Waals surface area contributed by atoms with Crippen LogP contribution in [-0.2, 0) is 0 Å². The number of fused-ring (bicyclic) bond motifs is 2. The van der Waals surface area contributed by atoms with E-state index in [1.807, 2.05) is 0 Å². The SMILES string of the molecule is [AsH2]c1c([AsH2])c([AsH2])c2nc3ccccc3cc2c1[AsH2]. The molecule has 4 unspecified atom stereocenters. The molecule has 3 aromatic rings. The zero-order valence-electron chi connectivity index (χ0n) is 9.64. The van der Waals surface area contributed by atoms with Crippen LogP contribution in [0.3, 0.4) is 0 Å². The van der Waals surface area contributed by atoms with Crippen LogP contribution in [0.25, 0.3) is 21.8 Å². The van der Waals surface area contributed by atoms with Gasteiger partial charge in [-0.2, -0.15) is 0 Å². The molecule has 0 radical (unpaired) electrons. The van der Waals surface area contributed by atoms with Gasteiger partial charge in [-0.05, 0) is 0 Å². The van der Waals surface area contributed by atoms with E-state index in [1.54, 1.807) is 67.4 Å². The summed E-state index contributed by atoms with van der Waals surface area (Å²) in [5, 5.41) is 2.60. The van der Waals surface area contributed by atoms with E-state index in [0.29, 0.717) is 0 Å². The van der Waals surface area contributed by atoms with Gasteiger partial charge in [0.1, 0.15) is 0 Å². The number of hydrogen-bond donors (Lipinski definition) is 0. The van der Waals surface area contributed by atoms with Crippen LogP contribution < -0.4 is 17.4 Å². The molecule has 0 saturated carbocycles. The monoisotopic (exact) mass is 483 g/mol. The molecule has 1 heterocycles. The number of nitrogens with zero attached hydrogens (tertiary/aromatic N) is 1. The van der Waals surface area contributed by atoms with Gasteiger partial charge in [0.2, 0.25) is 0 Å². The standard InChI is InChI=1S/C13H13As4N/c14-9-7-5-6-3-1-2-4-8(6)18-13(7)12(17)11(16)10(9)15/h1-5H,14-17H2. The third-order valence-electron chi connectivity index (χ3n) is 3.14. The second kappa shape index (κ2) is 5.03. The molecule has 0 aliphatic heterocycles. The Morgan fingerprint density at radius 2 is 1.44 bits per heavy atom. The van der Waals surface area contributed by atoms with E-state index in [0.717, 1.165) is 5.52 Å². The normalized spacial score (nSPS) is 11.3. The number of para-hydroxylation sites is 1. The summed E-state index contributed by atoms with van der Waals surface area (Å²) in [6.45, 7) is 0. The first-order chi connectivity index (χ1) is 8.59. The van der Waals surface area contributed by atoms with Crippen molar-refractivity contribution in [1.29, 1.82) is 0 Å². The van der Waals surface area contributed by atoms with Crippen molar-refractivity contribution in [2.45, 2.75) is 0 Å². The minimum absolute atomic E-state index is 1.11. The van der Waals surface area contributed by atoms with Crippen LogP contribution in [0.5, 0.6) is 0 Å². The van der Waals surface area contributed by atoms with Gasteiger partial charge in [0.15, 0.2) is 0 Å². The molecule has 0 spiro atoms. The van der Waals surface area contributed by atoms with Crippen LogP contribution in [0, 0.1) is 0 Å². The van der Waals surface area contributed by atoms with Crippen molar-refractivity contribution in [3.63, 3.8) is 0 Å². The molecular weight excluding hydrogens is 470 g/mol. The zero-order chi connectivity index (χ0) is 12.9. The topological polar surface area (TPSA) is 12.9 Å². The van der Waals surface area contributed by atoms with Crippen molar-refractivity contribution in [3.8, 4) is 0 Å². The number of benzene rings is 2. The minimum atomic E-state index is 1.11. The van der Waals surface area contributed by atoms with Crippen LogP contribution in [0.15, 0.2) is 30.3 Å². The quantitative estimate of drug-likeness (QED) is 0.239. The zero-order valence-corrected chi connectivity index (χ0v) is 19.3. The summed E-state index contributed by atoms with van der Waals surface area (Å²) in [4.78, 5) is 4.88. The van der Waals surface area contributed by atoms with Crippen LogP contribution in [0.4, 0.5) is 0 Å². The second-order valence-electron chi connectivity index (χ2n) is 4.23. The van der Waals surface area contributed by atoms with E-state index in [4.69, 9.17) is 4.98 Å². The molecule has 0 N–H and O–H groups in total. The molecule has 5 heteroatoms. The average Bonchev–Trinajstić information content (AvgIpc) is 2.41. The molecule has 2 aromatic carbocycles. The van der Waals surface area contributed by atoms with E-state index in [1.165, 1.54) is 33.7 Å². The molecule has 0 aliphatic carbocycles. The Labute approximate surface area is 140 Å². The predicted molar refractivity (Wildman–Crippen MR) is 92.0 cm³/mol. The van der Waals surface area contributed by atoms with E-state index in [9.17, 15) is 0 Å². The summed E-state index contributed by atoms with van der Waals surface area (Å²) in [6, 6.07) is 10.7. The first kappa shape index (κ1) is 13.3. The molecular formula is C13H13As4N. The van der Waals surface area contributed by atoms with Crippen molar-refractivity contribution in [3.05, 3.63) is 30.3 Å². The summed E-state index contributed by atoms with van der Waals surface area (Å²) < 4.78 is 5.91. The molecule has 3 rings (SSSR count). The van der Waals surface area contributed by atoms with Crippen LogP contribution in [0.1, 0.15) is 0 Å². The van der Waals surface area contributed by atoms with Gasteiger partial charge in [0.05, 0.1) is 0 Å². The fourth-order valence-corrected chi connectivity index (χ4v) is 6.40. The maximum absolute atomic E-state index is 4.88. The van der Waals surface area contributed by atoms with Gasteiger partial charge in [-0.15, -0.1) is 0 Å². The Hall–Kier alpha value is 0.344. The first-order valence-electron chi connectivity index (χ1n) is 5.51. The van der Waals surface area contributed by atoms with Gasteiger partial charge in [-0.3, -0.25) is 0 Å². The molecule has 1 nitrogen and oxygen atoms in total. The Balaban J connectivity index is 2.58. The molecule has 0 amide bonds. The van der Waals surface area contributed by atoms with Crippen LogP contribution >= 0.6 is 0 Å². The summed E-state index contributed by atoms with van der Waals surface area (Å²) in [5.74, 6) is 0. The average molecular weight is 483 g/mol. The summed E-state index contributed by atoms with van der Waals surface area (Å²) >= 11 is 6.90. The molecule has 1 aromatic heterocycles. The van der Waals surface area contributed by atoms with E-state index in [2.05, 4.69) is 30.3 Å². The van der Waals surface area contributed by atoms with Crippen molar-refractivity contribution in [1.82, 2.24) is 4.98 Å². The number of aromatic nitrogens is 1. The maximum atomic E-state index is 4.88. The third kappa shape index (κ3) is 2.05. The summed E-state index contributed by atoms with van der Waals surface area (Å²) in [5.41, 5.74) is 2.32. The molecule has 0 bridgehead atoms. The fraction of sp³-hybridized carbons (Fsp3) is 0. The van der Waals surface area contributed by atoms with Crippen molar-refractivity contribution in [2.24, 2.45) is 0 Å². The first-order valence-corrected chi connectivity index (χ1v) is 10.4. The van der Waals surface area contributed by atoms with E-state index < -0.39 is 0 Å². The van der Waals surface area contributed by atoms with Gasteiger partial charge >= 0.3 is 142 Å². The second-order valence-corrected chi connectivity index (χ2v) is 9.08. The number of hydrogen-bond acceptors (Lipinski definition) is 1. The molecule has 90 valence electrons. The van der Waals surface area contributed by atoms with E-state index >= 15 is 0 Å². The molecule has 0 aliphatic rings. The third-order valence-corrected chi connectivity index (χ3v) is 12.7. The Morgan fingerprint density at radius 1 is 0.778 bits per heavy atom. The van der Waals surface area contributed by atoms with Gasteiger partial charge in [0, 0.05) is 0 Å². The van der Waals surface area contributed by atoms with Gasteiger partial charge in [0.25, 0.3) is 0 Å². The molecule has 0 saturated heterocycles. The Bertz CT molecular complexity index is 717. The van der Waals surface area contributed by atoms with Crippen molar-refractivity contribution < 1.29 is 0 Å². The fourth-order valence-electron chi connectivity index (χ4n) is 2.09. The van der Waals surface area contributed by atoms with Crippen LogP contribution in [0.2, 0.25) is 0 Å². The summed E-state index contributed by atoms with van der Waals surface area (Å²) in [6.07, 6.45) is 0. The Kier molecular flexibility index (Phi) is 3.73. The number of pyridine rings is 1. The number of rotatable bonds is 0. The van der Waals surface area contributed by atoms with Crippen molar-refractivity contribution >= 4 is 107 Å².